The summed E-state index contributed by atoms with van der Waals surface area (Å²) >= 11 is 3.01. The molecule has 1 amide bonds. The number of hydrogen-bond donors (Lipinski definition) is 0. The number of carbonyl (C=O) groups excluding carboxylic acids is 1. The Balaban J connectivity index is 1.60. The molecule has 0 aliphatic rings. The van der Waals surface area contributed by atoms with E-state index in [1.54, 1.807) is 19.5 Å². The number of rotatable bonds is 11. The lowest BCUT2D eigenvalue weighted by Crippen LogP contribution is -2.32. The molecule has 0 saturated heterocycles. The molecule has 8 nitrogen and oxygen atoms in total. The zero-order chi connectivity index (χ0) is 24.6. The molecule has 1 aromatic carbocycles. The van der Waals surface area contributed by atoms with E-state index in [9.17, 15) is 4.79 Å². The molecule has 0 spiro atoms. The SMILES string of the molecule is CCCN(CCC)C(=O)c1csc(CSc2nnc(-c3cccnc3)n2-c2ccccc2OC)n1. The minimum absolute atomic E-state index is 0.00254. The third-order valence-corrected chi connectivity index (χ3v) is 7.22. The van der Waals surface area contributed by atoms with Gasteiger partial charge >= 0.3 is 0 Å². The van der Waals surface area contributed by atoms with E-state index in [0.717, 1.165) is 42.2 Å². The van der Waals surface area contributed by atoms with Gasteiger partial charge < -0.3 is 9.64 Å². The molecule has 4 aromatic rings. The Morgan fingerprint density at radius 1 is 1.11 bits per heavy atom. The lowest BCUT2D eigenvalue weighted by molar-refractivity contribution is 0.0750. The van der Waals surface area contributed by atoms with Gasteiger partial charge in [0, 0.05) is 36.4 Å². The Morgan fingerprint density at radius 2 is 1.91 bits per heavy atom. The van der Waals surface area contributed by atoms with Crippen LogP contribution < -0.4 is 4.74 Å². The van der Waals surface area contributed by atoms with Crippen molar-refractivity contribution >= 4 is 29.0 Å². The van der Waals surface area contributed by atoms with Gasteiger partial charge in [-0.3, -0.25) is 14.3 Å². The van der Waals surface area contributed by atoms with Gasteiger partial charge in [0.1, 0.15) is 16.5 Å². The van der Waals surface area contributed by atoms with E-state index in [1.807, 2.05) is 51.2 Å². The molecular weight excluding hydrogens is 480 g/mol. The number of pyridine rings is 1. The number of nitrogens with zero attached hydrogens (tertiary/aromatic N) is 6. The van der Waals surface area contributed by atoms with Crippen molar-refractivity contribution in [2.24, 2.45) is 0 Å². The van der Waals surface area contributed by atoms with Crippen LogP contribution in [0.15, 0.2) is 59.3 Å². The number of hydrogen-bond acceptors (Lipinski definition) is 8. The maximum absolute atomic E-state index is 12.9. The Bertz CT molecular complexity index is 1250. The molecule has 10 heteroatoms. The molecule has 3 aromatic heterocycles. The van der Waals surface area contributed by atoms with Crippen molar-refractivity contribution in [2.75, 3.05) is 20.2 Å². The fourth-order valence-electron chi connectivity index (χ4n) is 3.70. The average Bonchev–Trinajstić information content (AvgIpc) is 3.54. The van der Waals surface area contributed by atoms with Crippen LogP contribution in [0.4, 0.5) is 0 Å². The molecule has 0 N–H and O–H groups in total. The van der Waals surface area contributed by atoms with Crippen molar-refractivity contribution in [1.82, 2.24) is 29.6 Å². The number of benzene rings is 1. The van der Waals surface area contributed by atoms with Crippen molar-refractivity contribution in [2.45, 2.75) is 37.6 Å². The largest absolute Gasteiger partial charge is 0.495 e. The number of carbonyl (C=O) groups is 1. The van der Waals surface area contributed by atoms with E-state index in [0.29, 0.717) is 28.2 Å². The van der Waals surface area contributed by atoms with Gasteiger partial charge in [-0.05, 0) is 37.1 Å². The van der Waals surface area contributed by atoms with Crippen molar-refractivity contribution in [3.05, 3.63) is 64.9 Å². The lowest BCUT2D eigenvalue weighted by Gasteiger charge is -2.20. The van der Waals surface area contributed by atoms with Crippen LogP contribution in [0.2, 0.25) is 0 Å². The number of aromatic nitrogens is 5. The lowest BCUT2D eigenvalue weighted by atomic mass is 10.2. The summed E-state index contributed by atoms with van der Waals surface area (Å²) in [7, 11) is 1.65. The van der Waals surface area contributed by atoms with Crippen molar-refractivity contribution in [3.8, 4) is 22.8 Å². The molecule has 3 heterocycles. The molecule has 4 rings (SSSR count). The minimum Gasteiger partial charge on any atom is -0.495 e. The Labute approximate surface area is 213 Å². The molecular formula is C25H28N6O2S2. The van der Waals surface area contributed by atoms with Crippen molar-refractivity contribution < 1.29 is 9.53 Å². The van der Waals surface area contributed by atoms with Gasteiger partial charge in [0.2, 0.25) is 0 Å². The van der Waals surface area contributed by atoms with Gasteiger partial charge in [0.25, 0.3) is 5.91 Å². The average molecular weight is 509 g/mol. The van der Waals surface area contributed by atoms with E-state index >= 15 is 0 Å². The molecule has 0 unspecified atom stereocenters. The van der Waals surface area contributed by atoms with Gasteiger partial charge in [-0.1, -0.05) is 37.7 Å². The van der Waals surface area contributed by atoms with Gasteiger partial charge in [-0.2, -0.15) is 0 Å². The predicted octanol–water partition coefficient (Wildman–Crippen LogP) is 5.35. The van der Waals surface area contributed by atoms with E-state index in [-0.39, 0.29) is 5.91 Å². The molecule has 0 radical (unpaired) electrons. The molecule has 0 bridgehead atoms. The van der Waals surface area contributed by atoms with Crippen LogP contribution in [-0.2, 0) is 5.75 Å². The van der Waals surface area contributed by atoms with Crippen LogP contribution in [0.3, 0.4) is 0 Å². The predicted molar refractivity (Wildman–Crippen MR) is 139 cm³/mol. The van der Waals surface area contributed by atoms with Gasteiger partial charge in [0.05, 0.1) is 18.6 Å². The quantitative estimate of drug-likeness (QED) is 0.253. The molecule has 182 valence electrons. The summed E-state index contributed by atoms with van der Waals surface area (Å²) in [5.74, 6) is 1.96. The number of thiazole rings is 1. The number of amides is 1. The Morgan fingerprint density at radius 3 is 2.63 bits per heavy atom. The fourth-order valence-corrected chi connectivity index (χ4v) is 5.43. The van der Waals surface area contributed by atoms with Crippen LogP contribution >= 0.6 is 23.1 Å². The van der Waals surface area contributed by atoms with Gasteiger partial charge in [-0.15, -0.1) is 21.5 Å². The first-order chi connectivity index (χ1) is 17.2. The van der Waals surface area contributed by atoms with E-state index in [2.05, 4.69) is 34.0 Å². The summed E-state index contributed by atoms with van der Waals surface area (Å²) in [6, 6.07) is 11.6. The fraction of sp³-hybridized carbons (Fsp3) is 0.320. The topological polar surface area (TPSA) is 86.0 Å². The van der Waals surface area contributed by atoms with Crippen LogP contribution in [0.25, 0.3) is 17.1 Å². The maximum Gasteiger partial charge on any atom is 0.273 e. The second kappa shape index (κ2) is 11.9. The van der Waals surface area contributed by atoms with Gasteiger partial charge in [-0.25, -0.2) is 4.98 Å². The number of ether oxygens (including phenoxy) is 1. The van der Waals surface area contributed by atoms with Crippen LogP contribution in [0, 0.1) is 0 Å². The molecule has 0 saturated carbocycles. The van der Waals surface area contributed by atoms with Crippen LogP contribution in [0.5, 0.6) is 5.75 Å². The van der Waals surface area contributed by atoms with Gasteiger partial charge in [0.15, 0.2) is 11.0 Å². The molecule has 0 aliphatic heterocycles. The monoisotopic (exact) mass is 508 g/mol. The van der Waals surface area contributed by atoms with E-state index < -0.39 is 0 Å². The highest BCUT2D eigenvalue weighted by Crippen LogP contribution is 2.33. The first kappa shape index (κ1) is 24.9. The third kappa shape index (κ3) is 5.71. The maximum atomic E-state index is 12.9. The normalized spacial score (nSPS) is 10.9. The number of methoxy groups -OCH3 is 1. The summed E-state index contributed by atoms with van der Waals surface area (Å²) in [5, 5.41) is 12.4. The zero-order valence-corrected chi connectivity index (χ0v) is 21.7. The summed E-state index contributed by atoms with van der Waals surface area (Å²) in [6.07, 6.45) is 5.35. The molecule has 0 atom stereocenters. The molecule has 0 aliphatic carbocycles. The molecule has 0 fully saturated rings. The third-order valence-electron chi connectivity index (χ3n) is 5.25. The van der Waals surface area contributed by atoms with E-state index in [1.165, 1.54) is 23.1 Å². The van der Waals surface area contributed by atoms with Crippen LogP contribution in [-0.4, -0.2) is 55.7 Å². The Kier molecular flexibility index (Phi) is 8.49. The summed E-state index contributed by atoms with van der Waals surface area (Å²) in [4.78, 5) is 23.6. The van der Waals surface area contributed by atoms with Crippen molar-refractivity contribution in [1.29, 1.82) is 0 Å². The smallest absolute Gasteiger partial charge is 0.273 e. The second-order valence-electron chi connectivity index (χ2n) is 7.76. The highest BCUT2D eigenvalue weighted by atomic mass is 32.2. The van der Waals surface area contributed by atoms with Crippen molar-refractivity contribution in [3.63, 3.8) is 0 Å². The summed E-state index contributed by atoms with van der Waals surface area (Å²) in [5.41, 5.74) is 2.20. The van der Waals surface area contributed by atoms with E-state index in [4.69, 9.17) is 4.74 Å². The number of para-hydroxylation sites is 2. The number of thioether (sulfide) groups is 1. The summed E-state index contributed by atoms with van der Waals surface area (Å²) < 4.78 is 7.59. The first-order valence-electron chi connectivity index (χ1n) is 11.5. The minimum atomic E-state index is -0.00254. The molecule has 35 heavy (non-hydrogen) atoms. The zero-order valence-electron chi connectivity index (χ0n) is 20.0. The highest BCUT2D eigenvalue weighted by molar-refractivity contribution is 7.98. The summed E-state index contributed by atoms with van der Waals surface area (Å²) in [6.45, 7) is 5.65. The second-order valence-corrected chi connectivity index (χ2v) is 9.65. The Hall–Kier alpha value is -3.24. The standard InChI is InChI=1S/C25H28N6O2S2/c1-4-13-30(14-5-2)24(32)19-16-34-22(27-19)17-35-25-29-28-23(18-9-8-12-26-15-18)31(25)20-10-6-7-11-21(20)33-3/h6-12,15-16H,4-5,13-14,17H2,1-3H3. The van der Waals surface area contributed by atoms with Crippen LogP contribution in [0.1, 0.15) is 42.2 Å². The highest BCUT2D eigenvalue weighted by Gasteiger charge is 2.21. The first-order valence-corrected chi connectivity index (χ1v) is 13.4.